The fraction of sp³-hybridized carbons (Fsp3) is 0.652. The van der Waals surface area contributed by atoms with Gasteiger partial charge in [0.15, 0.2) is 5.78 Å². The lowest BCUT2D eigenvalue weighted by Crippen LogP contribution is -2.58. The lowest BCUT2D eigenvalue weighted by molar-refractivity contribution is -0.140. The Hall–Kier alpha value is -1.72. The van der Waals surface area contributed by atoms with Crippen LogP contribution in [0.15, 0.2) is 30.3 Å². The number of ether oxygens (including phenoxy) is 2. The number of ketones is 1. The molecule has 0 bridgehead atoms. The monoisotopic (exact) mass is 385 g/mol. The van der Waals surface area contributed by atoms with E-state index in [0.29, 0.717) is 18.9 Å². The summed E-state index contributed by atoms with van der Waals surface area (Å²) in [4.78, 5) is 25.8. The molecule has 1 amide bonds. The highest BCUT2D eigenvalue weighted by molar-refractivity contribution is 5.97. The van der Waals surface area contributed by atoms with Crippen LogP contribution in [-0.4, -0.2) is 36.0 Å². The van der Waals surface area contributed by atoms with Gasteiger partial charge in [-0.3, -0.25) is 9.59 Å². The summed E-state index contributed by atoms with van der Waals surface area (Å²) in [5.41, 5.74) is 0.235. The van der Waals surface area contributed by atoms with Crippen molar-refractivity contribution >= 4 is 11.7 Å². The highest BCUT2D eigenvalue weighted by Crippen LogP contribution is 2.38. The van der Waals surface area contributed by atoms with E-state index in [0.717, 1.165) is 37.7 Å². The third-order valence-electron chi connectivity index (χ3n) is 6.71. The Labute approximate surface area is 167 Å². The molecule has 28 heavy (non-hydrogen) atoms. The van der Waals surface area contributed by atoms with Gasteiger partial charge in [0.05, 0.1) is 12.7 Å². The third kappa shape index (κ3) is 4.15. The van der Waals surface area contributed by atoms with Crippen molar-refractivity contribution in [3.63, 3.8) is 0 Å². The molecular formula is C23H31NO4. The molecule has 2 aliphatic carbocycles. The summed E-state index contributed by atoms with van der Waals surface area (Å²) >= 11 is 0. The highest BCUT2D eigenvalue weighted by atomic mass is 16.5. The van der Waals surface area contributed by atoms with Crippen molar-refractivity contribution in [2.45, 2.75) is 82.1 Å². The van der Waals surface area contributed by atoms with Crippen LogP contribution in [-0.2, 0) is 25.7 Å². The Morgan fingerprint density at radius 3 is 2.71 bits per heavy atom. The van der Waals surface area contributed by atoms with Crippen molar-refractivity contribution in [1.29, 1.82) is 0 Å². The number of benzene rings is 1. The first kappa shape index (κ1) is 19.6. The molecule has 1 saturated heterocycles. The maximum atomic E-state index is 13.2. The van der Waals surface area contributed by atoms with Crippen LogP contribution in [0, 0.1) is 5.92 Å². The van der Waals surface area contributed by atoms with Gasteiger partial charge in [0.25, 0.3) is 0 Å². The zero-order valence-electron chi connectivity index (χ0n) is 16.5. The zero-order chi connectivity index (χ0) is 19.4. The van der Waals surface area contributed by atoms with Crippen LogP contribution >= 0.6 is 0 Å². The topological polar surface area (TPSA) is 64.6 Å². The van der Waals surface area contributed by atoms with Gasteiger partial charge >= 0.3 is 0 Å². The van der Waals surface area contributed by atoms with Crippen molar-refractivity contribution in [2.75, 3.05) is 6.61 Å². The second-order valence-electron chi connectivity index (χ2n) is 8.60. The molecule has 0 aromatic heterocycles. The van der Waals surface area contributed by atoms with E-state index in [4.69, 9.17) is 9.47 Å². The second kappa shape index (κ2) is 8.75. The Bertz CT molecular complexity index is 685. The highest BCUT2D eigenvalue weighted by Gasteiger charge is 2.55. The molecule has 4 rings (SSSR count). The quantitative estimate of drug-likeness (QED) is 0.780. The summed E-state index contributed by atoms with van der Waals surface area (Å²) in [5.74, 6) is 0.391. The summed E-state index contributed by atoms with van der Waals surface area (Å²) < 4.78 is 11.8. The van der Waals surface area contributed by atoms with Crippen LogP contribution in [0.5, 0.6) is 0 Å². The molecule has 1 heterocycles. The standard InChI is InChI=1S/C23H31NO4/c25-20-16-28-21-12-7-13-23(20,21)24-22(26)19(14-17-8-3-1-4-9-17)27-15-18-10-5-2-6-11-18/h2,5-6,10-11,17,19,21H,1,3-4,7-9,12-16H2,(H,24,26)/t19?,21-,23+/m1/s1. The molecule has 1 aromatic carbocycles. The number of fused-ring (bicyclic) bond motifs is 1. The Morgan fingerprint density at radius 1 is 1.14 bits per heavy atom. The molecule has 1 aromatic rings. The van der Waals surface area contributed by atoms with Gasteiger partial charge in [-0.1, -0.05) is 62.4 Å². The molecular weight excluding hydrogens is 354 g/mol. The second-order valence-corrected chi connectivity index (χ2v) is 8.60. The van der Waals surface area contributed by atoms with E-state index < -0.39 is 11.6 Å². The van der Waals surface area contributed by atoms with Gasteiger partial charge in [0.1, 0.15) is 18.2 Å². The summed E-state index contributed by atoms with van der Waals surface area (Å²) in [6, 6.07) is 9.95. The van der Waals surface area contributed by atoms with Gasteiger partial charge in [-0.15, -0.1) is 0 Å². The number of rotatable bonds is 7. The summed E-state index contributed by atoms with van der Waals surface area (Å²) in [6.45, 7) is 0.523. The van der Waals surface area contributed by atoms with E-state index in [-0.39, 0.29) is 24.4 Å². The van der Waals surface area contributed by atoms with Gasteiger partial charge in [-0.2, -0.15) is 0 Å². The average Bonchev–Trinajstić information content (AvgIpc) is 3.26. The molecule has 1 aliphatic heterocycles. The van der Waals surface area contributed by atoms with Gasteiger partial charge < -0.3 is 14.8 Å². The molecule has 3 fully saturated rings. The molecule has 1 N–H and O–H groups in total. The van der Waals surface area contributed by atoms with E-state index in [2.05, 4.69) is 5.32 Å². The molecule has 2 saturated carbocycles. The van der Waals surface area contributed by atoms with Gasteiger partial charge in [-0.25, -0.2) is 0 Å². The van der Waals surface area contributed by atoms with Crippen LogP contribution in [0.3, 0.4) is 0 Å². The minimum atomic E-state index is -0.821. The first-order valence-electron chi connectivity index (χ1n) is 10.8. The smallest absolute Gasteiger partial charge is 0.250 e. The minimum absolute atomic E-state index is 0.0165. The maximum Gasteiger partial charge on any atom is 0.250 e. The molecule has 1 unspecified atom stereocenters. The van der Waals surface area contributed by atoms with Gasteiger partial charge in [0, 0.05) is 0 Å². The van der Waals surface area contributed by atoms with Crippen molar-refractivity contribution in [2.24, 2.45) is 5.92 Å². The maximum absolute atomic E-state index is 13.2. The number of carbonyl (C=O) groups is 2. The largest absolute Gasteiger partial charge is 0.367 e. The molecule has 5 nitrogen and oxygen atoms in total. The number of Topliss-reactive ketones (excluding diaryl/α,β-unsaturated/α-hetero) is 1. The van der Waals surface area contributed by atoms with E-state index in [1.54, 1.807) is 0 Å². The van der Waals surface area contributed by atoms with Crippen LogP contribution < -0.4 is 5.32 Å². The van der Waals surface area contributed by atoms with Crippen molar-refractivity contribution < 1.29 is 19.1 Å². The SMILES string of the molecule is O=C(N[C@]12CCC[C@H]1OCC2=O)C(CC1CCCCC1)OCc1ccccc1. The predicted octanol–water partition coefficient (Wildman–Crippen LogP) is 3.55. The third-order valence-corrected chi connectivity index (χ3v) is 6.71. The fourth-order valence-corrected chi connectivity index (χ4v) is 5.08. The van der Waals surface area contributed by atoms with Crippen molar-refractivity contribution in [3.05, 3.63) is 35.9 Å². The van der Waals surface area contributed by atoms with Crippen LogP contribution in [0.2, 0.25) is 0 Å². The average molecular weight is 386 g/mol. The number of carbonyl (C=O) groups excluding carboxylic acids is 2. The van der Waals surface area contributed by atoms with E-state index in [1.165, 1.54) is 19.3 Å². The summed E-state index contributed by atoms with van der Waals surface area (Å²) in [5, 5.41) is 3.09. The van der Waals surface area contributed by atoms with E-state index >= 15 is 0 Å². The zero-order valence-corrected chi connectivity index (χ0v) is 16.5. The van der Waals surface area contributed by atoms with Gasteiger partial charge in [0.2, 0.25) is 5.91 Å². The van der Waals surface area contributed by atoms with Crippen LogP contribution in [0.4, 0.5) is 0 Å². The molecule has 152 valence electrons. The first-order chi connectivity index (χ1) is 13.7. The van der Waals surface area contributed by atoms with Crippen molar-refractivity contribution in [3.8, 4) is 0 Å². The van der Waals surface area contributed by atoms with Crippen LogP contribution in [0.1, 0.15) is 63.4 Å². The molecule has 5 heteroatoms. The van der Waals surface area contributed by atoms with Crippen molar-refractivity contribution in [1.82, 2.24) is 5.32 Å². The number of nitrogens with one attached hydrogen (secondary N) is 1. The Balaban J connectivity index is 1.45. The Morgan fingerprint density at radius 2 is 1.93 bits per heavy atom. The van der Waals surface area contributed by atoms with Crippen LogP contribution in [0.25, 0.3) is 0 Å². The summed E-state index contributed by atoms with van der Waals surface area (Å²) in [7, 11) is 0. The fourth-order valence-electron chi connectivity index (χ4n) is 5.08. The molecule has 0 radical (unpaired) electrons. The Kier molecular flexibility index (Phi) is 6.12. The van der Waals surface area contributed by atoms with E-state index in [1.807, 2.05) is 30.3 Å². The molecule has 3 aliphatic rings. The number of hydrogen-bond acceptors (Lipinski definition) is 4. The van der Waals surface area contributed by atoms with E-state index in [9.17, 15) is 9.59 Å². The lowest BCUT2D eigenvalue weighted by atomic mass is 9.84. The minimum Gasteiger partial charge on any atom is -0.367 e. The predicted molar refractivity (Wildman–Crippen MR) is 106 cm³/mol. The lowest BCUT2D eigenvalue weighted by Gasteiger charge is -2.31. The number of amides is 1. The number of hydrogen-bond donors (Lipinski definition) is 1. The first-order valence-corrected chi connectivity index (χ1v) is 10.8. The van der Waals surface area contributed by atoms with Gasteiger partial charge in [-0.05, 0) is 37.2 Å². The molecule has 3 atom stereocenters. The summed E-state index contributed by atoms with van der Waals surface area (Å²) in [6.07, 6.45) is 8.54. The molecule has 0 spiro atoms. The normalized spacial score (nSPS) is 28.9.